The Morgan fingerprint density at radius 2 is 2.11 bits per heavy atom. The Balaban J connectivity index is 1.88. The molecule has 1 aromatic heterocycles. The fraction of sp³-hybridized carbons (Fsp3) is 0.571. The number of methoxy groups -OCH3 is 1. The van der Waals surface area contributed by atoms with E-state index in [1.807, 2.05) is 6.07 Å². The lowest BCUT2D eigenvalue weighted by molar-refractivity contribution is -0.160. The molecule has 0 bridgehead atoms. The van der Waals surface area contributed by atoms with Crippen molar-refractivity contribution in [3.05, 3.63) is 23.9 Å². The van der Waals surface area contributed by atoms with Crippen LogP contribution in [0.3, 0.4) is 0 Å². The molecule has 0 atom stereocenters. The summed E-state index contributed by atoms with van der Waals surface area (Å²) in [6, 6.07) is 3.58. The molecule has 2 saturated carbocycles. The maximum absolute atomic E-state index is 11.6. The average molecular weight is 247 g/mol. The van der Waals surface area contributed by atoms with Crippen LogP contribution in [0.5, 0.6) is 5.88 Å². The van der Waals surface area contributed by atoms with Gasteiger partial charge in [-0.1, -0.05) is 12.5 Å². The minimum atomic E-state index is -0.716. The van der Waals surface area contributed by atoms with Crippen LogP contribution in [0.4, 0.5) is 0 Å². The highest BCUT2D eigenvalue weighted by Crippen LogP contribution is 2.65. The number of rotatable bonds is 3. The molecule has 0 aliphatic heterocycles. The molecule has 1 spiro atoms. The monoisotopic (exact) mass is 247 g/mol. The van der Waals surface area contributed by atoms with E-state index >= 15 is 0 Å². The van der Waals surface area contributed by atoms with Gasteiger partial charge < -0.3 is 9.84 Å². The van der Waals surface area contributed by atoms with Crippen molar-refractivity contribution in [2.45, 2.75) is 37.5 Å². The Morgan fingerprint density at radius 3 is 2.50 bits per heavy atom. The summed E-state index contributed by atoms with van der Waals surface area (Å²) in [6.07, 6.45) is 6.80. The molecule has 0 unspecified atom stereocenters. The van der Waals surface area contributed by atoms with Crippen LogP contribution in [0.25, 0.3) is 0 Å². The lowest BCUT2D eigenvalue weighted by atomic mass is 9.44. The minimum absolute atomic E-state index is 0.318. The van der Waals surface area contributed by atoms with Crippen molar-refractivity contribution in [1.29, 1.82) is 0 Å². The van der Waals surface area contributed by atoms with Crippen molar-refractivity contribution >= 4 is 5.97 Å². The lowest BCUT2D eigenvalue weighted by Gasteiger charge is -2.59. The summed E-state index contributed by atoms with van der Waals surface area (Å²) in [4.78, 5) is 15.8. The number of carboxylic acids is 1. The van der Waals surface area contributed by atoms with Crippen molar-refractivity contribution in [3.63, 3.8) is 0 Å². The molecule has 4 nitrogen and oxygen atoms in total. The molecule has 2 aliphatic rings. The summed E-state index contributed by atoms with van der Waals surface area (Å²) in [5.41, 5.74) is 0.422. The van der Waals surface area contributed by atoms with E-state index in [0.29, 0.717) is 11.3 Å². The normalized spacial score (nSPS) is 22.9. The quantitative estimate of drug-likeness (QED) is 0.890. The Hall–Kier alpha value is -1.58. The van der Waals surface area contributed by atoms with Crippen molar-refractivity contribution in [1.82, 2.24) is 4.98 Å². The summed E-state index contributed by atoms with van der Waals surface area (Å²) in [5, 5.41) is 9.56. The minimum Gasteiger partial charge on any atom is -0.481 e. The molecule has 0 amide bonds. The van der Waals surface area contributed by atoms with E-state index in [-0.39, 0.29) is 0 Å². The topological polar surface area (TPSA) is 59.4 Å². The first-order chi connectivity index (χ1) is 8.60. The second-order valence-corrected chi connectivity index (χ2v) is 5.68. The predicted molar refractivity (Wildman–Crippen MR) is 65.6 cm³/mol. The molecule has 0 saturated heterocycles. The third-order valence-electron chi connectivity index (χ3n) is 4.68. The number of nitrogens with zero attached hydrogens (tertiary/aromatic N) is 1. The molecular formula is C14H17NO3. The van der Waals surface area contributed by atoms with Crippen LogP contribution >= 0.6 is 0 Å². The maximum atomic E-state index is 11.6. The van der Waals surface area contributed by atoms with E-state index in [1.54, 1.807) is 19.4 Å². The van der Waals surface area contributed by atoms with Crippen molar-refractivity contribution in [2.75, 3.05) is 7.11 Å². The molecule has 1 heterocycles. The van der Waals surface area contributed by atoms with Gasteiger partial charge >= 0.3 is 5.97 Å². The van der Waals surface area contributed by atoms with E-state index in [1.165, 1.54) is 19.3 Å². The smallest absolute Gasteiger partial charge is 0.314 e. The third kappa shape index (κ3) is 1.44. The summed E-state index contributed by atoms with van der Waals surface area (Å²) < 4.78 is 5.01. The van der Waals surface area contributed by atoms with E-state index in [2.05, 4.69) is 4.98 Å². The zero-order valence-electron chi connectivity index (χ0n) is 10.5. The number of aromatic nitrogens is 1. The van der Waals surface area contributed by atoms with Crippen molar-refractivity contribution in [3.8, 4) is 5.88 Å². The zero-order chi connectivity index (χ0) is 12.8. The number of ether oxygens (including phenoxy) is 1. The van der Waals surface area contributed by atoms with E-state index in [0.717, 1.165) is 18.4 Å². The fourth-order valence-electron chi connectivity index (χ4n) is 3.52. The largest absolute Gasteiger partial charge is 0.481 e. The van der Waals surface area contributed by atoms with Gasteiger partial charge in [0.2, 0.25) is 5.88 Å². The first-order valence-electron chi connectivity index (χ1n) is 6.34. The molecule has 96 valence electrons. The van der Waals surface area contributed by atoms with Crippen LogP contribution in [0, 0.1) is 5.41 Å². The van der Waals surface area contributed by atoms with Crippen LogP contribution in [-0.2, 0) is 10.2 Å². The summed E-state index contributed by atoms with van der Waals surface area (Å²) >= 11 is 0. The van der Waals surface area contributed by atoms with Crippen molar-refractivity contribution in [2.24, 2.45) is 5.41 Å². The number of aliphatic carboxylic acids is 1. The van der Waals surface area contributed by atoms with E-state index < -0.39 is 11.4 Å². The summed E-state index contributed by atoms with van der Waals surface area (Å²) in [6.45, 7) is 0. The number of pyridine rings is 1. The molecular weight excluding hydrogens is 230 g/mol. The third-order valence-corrected chi connectivity index (χ3v) is 4.68. The summed E-state index contributed by atoms with van der Waals surface area (Å²) in [5.74, 6) is -0.191. The summed E-state index contributed by atoms with van der Waals surface area (Å²) in [7, 11) is 1.56. The van der Waals surface area contributed by atoms with Gasteiger partial charge in [0.05, 0.1) is 12.5 Å². The van der Waals surface area contributed by atoms with E-state index in [4.69, 9.17) is 4.74 Å². The molecule has 0 radical (unpaired) electrons. The lowest BCUT2D eigenvalue weighted by Crippen LogP contribution is -2.57. The van der Waals surface area contributed by atoms with Gasteiger partial charge in [-0.3, -0.25) is 4.79 Å². The van der Waals surface area contributed by atoms with Crippen molar-refractivity contribution < 1.29 is 14.6 Å². The van der Waals surface area contributed by atoms with Gasteiger partial charge in [-0.15, -0.1) is 0 Å². The van der Waals surface area contributed by atoms with Gasteiger partial charge in [-0.2, -0.15) is 0 Å². The molecule has 0 aromatic carbocycles. The molecule has 4 heteroatoms. The molecule has 18 heavy (non-hydrogen) atoms. The fourth-order valence-corrected chi connectivity index (χ4v) is 3.52. The van der Waals surface area contributed by atoms with Gasteiger partial charge in [-0.25, -0.2) is 4.98 Å². The number of carboxylic acid groups (broad SMARTS) is 1. The average Bonchev–Trinajstić information content (AvgIpc) is 2.26. The first kappa shape index (κ1) is 11.5. The highest BCUT2D eigenvalue weighted by molar-refractivity contribution is 5.83. The highest BCUT2D eigenvalue weighted by atomic mass is 16.5. The first-order valence-corrected chi connectivity index (χ1v) is 6.34. The van der Waals surface area contributed by atoms with Gasteiger partial charge in [-0.05, 0) is 36.7 Å². The molecule has 1 N–H and O–H groups in total. The number of hydrogen-bond donors (Lipinski definition) is 1. The highest BCUT2D eigenvalue weighted by Gasteiger charge is 2.61. The van der Waals surface area contributed by atoms with E-state index in [9.17, 15) is 9.90 Å². The van der Waals surface area contributed by atoms with Crippen LogP contribution < -0.4 is 4.74 Å². The maximum Gasteiger partial charge on any atom is 0.314 e. The molecule has 2 aliphatic carbocycles. The van der Waals surface area contributed by atoms with Crippen LogP contribution in [-0.4, -0.2) is 23.2 Å². The van der Waals surface area contributed by atoms with Gasteiger partial charge in [0.15, 0.2) is 0 Å². The molecule has 2 fully saturated rings. The Kier molecular flexibility index (Phi) is 2.37. The van der Waals surface area contributed by atoms with Crippen LogP contribution in [0.2, 0.25) is 0 Å². The standard InChI is InChI=1S/C14H17NO3/c1-18-11-4-3-10(7-15-11)14(12(16)17)8-13(9-14)5-2-6-13/h3-4,7H,2,5-6,8-9H2,1H3,(H,16,17). The molecule has 3 rings (SSSR count). The second kappa shape index (κ2) is 3.70. The Labute approximate surface area is 106 Å². The second-order valence-electron chi connectivity index (χ2n) is 5.68. The number of carbonyl (C=O) groups is 1. The predicted octanol–water partition coefficient (Wildman–Crippen LogP) is 2.38. The molecule has 1 aromatic rings. The Morgan fingerprint density at radius 1 is 1.39 bits per heavy atom. The number of hydrogen-bond acceptors (Lipinski definition) is 3. The SMILES string of the molecule is COc1ccc(C2(C(=O)O)CC3(CCC3)C2)cn1. The van der Waals surface area contributed by atoms with Gasteiger partial charge in [0, 0.05) is 12.3 Å². The van der Waals surface area contributed by atoms with Gasteiger partial charge in [0.25, 0.3) is 0 Å². The van der Waals surface area contributed by atoms with Gasteiger partial charge in [0.1, 0.15) is 0 Å². The zero-order valence-corrected chi connectivity index (χ0v) is 10.5. The Bertz CT molecular complexity index is 468. The van der Waals surface area contributed by atoms with Crippen LogP contribution in [0.15, 0.2) is 18.3 Å². The van der Waals surface area contributed by atoms with Crippen LogP contribution in [0.1, 0.15) is 37.7 Å².